The van der Waals surface area contributed by atoms with Crippen molar-refractivity contribution in [2.24, 2.45) is 0 Å². The summed E-state index contributed by atoms with van der Waals surface area (Å²) in [6.07, 6.45) is 0. The Balaban J connectivity index is 1.42. The van der Waals surface area contributed by atoms with E-state index in [1.54, 1.807) is 34.1 Å². The molecule has 0 bridgehead atoms. The molecule has 0 atom stereocenters. The first-order valence-corrected chi connectivity index (χ1v) is 11.0. The maximum absolute atomic E-state index is 12.5. The van der Waals surface area contributed by atoms with Crippen molar-refractivity contribution >= 4 is 29.2 Å². The minimum atomic E-state index is -0.455. The molecule has 8 heteroatoms. The Labute approximate surface area is 189 Å². The zero-order valence-corrected chi connectivity index (χ0v) is 18.7. The van der Waals surface area contributed by atoms with Crippen LogP contribution in [0.4, 0.5) is 16.2 Å². The Bertz CT molecular complexity index is 905. The lowest BCUT2D eigenvalue weighted by Gasteiger charge is -2.36. The van der Waals surface area contributed by atoms with Crippen molar-refractivity contribution in [3.05, 3.63) is 60.2 Å². The molecule has 0 spiro atoms. The fourth-order valence-corrected chi connectivity index (χ4v) is 3.69. The third kappa shape index (κ3) is 6.00. The molecule has 3 rings (SSSR count). The molecule has 1 aliphatic rings. The van der Waals surface area contributed by atoms with E-state index in [1.165, 1.54) is 0 Å². The fourth-order valence-electron chi connectivity index (χ4n) is 3.69. The van der Waals surface area contributed by atoms with Crippen LogP contribution in [0, 0.1) is 0 Å². The minimum Gasteiger partial charge on any atom is -0.368 e. The zero-order chi connectivity index (χ0) is 22.9. The van der Waals surface area contributed by atoms with Crippen LogP contribution in [-0.2, 0) is 4.79 Å². The molecule has 32 heavy (non-hydrogen) atoms. The fraction of sp³-hybridized carbons (Fsp3) is 0.375. The predicted molar refractivity (Wildman–Crippen MR) is 126 cm³/mol. The van der Waals surface area contributed by atoms with Crippen LogP contribution in [0.2, 0.25) is 0 Å². The molecule has 2 aromatic rings. The van der Waals surface area contributed by atoms with Crippen molar-refractivity contribution < 1.29 is 14.4 Å². The van der Waals surface area contributed by atoms with Gasteiger partial charge in [0.15, 0.2) is 0 Å². The van der Waals surface area contributed by atoms with Gasteiger partial charge in [-0.3, -0.25) is 9.59 Å². The largest absolute Gasteiger partial charge is 0.368 e. The summed E-state index contributed by atoms with van der Waals surface area (Å²) in [7, 11) is 0. The minimum absolute atomic E-state index is 0.0380. The summed E-state index contributed by atoms with van der Waals surface area (Å²) in [5.41, 5.74) is 2.29. The number of carbonyl (C=O) groups excluding carboxylic acids is 3. The maximum atomic E-state index is 12.5. The van der Waals surface area contributed by atoms with E-state index in [9.17, 15) is 14.4 Å². The van der Waals surface area contributed by atoms with E-state index in [0.717, 1.165) is 18.8 Å². The van der Waals surface area contributed by atoms with E-state index in [4.69, 9.17) is 0 Å². The number of hydrogen-bond acceptors (Lipinski definition) is 4. The average Bonchev–Trinajstić information content (AvgIpc) is 2.84. The predicted octanol–water partition coefficient (Wildman–Crippen LogP) is 2.64. The number of hydrogen-bond donors (Lipinski definition) is 2. The van der Waals surface area contributed by atoms with E-state index >= 15 is 0 Å². The lowest BCUT2D eigenvalue weighted by Crippen LogP contribution is -2.51. The molecule has 0 saturated carbocycles. The number of anilines is 2. The van der Waals surface area contributed by atoms with Gasteiger partial charge in [-0.2, -0.15) is 0 Å². The van der Waals surface area contributed by atoms with Crippen LogP contribution in [-0.4, -0.2) is 73.5 Å². The normalized spacial score (nSPS) is 13.4. The van der Waals surface area contributed by atoms with Crippen LogP contribution in [0.1, 0.15) is 24.2 Å². The van der Waals surface area contributed by atoms with E-state index in [0.29, 0.717) is 37.4 Å². The summed E-state index contributed by atoms with van der Waals surface area (Å²) in [6.45, 7) is 7.88. The summed E-state index contributed by atoms with van der Waals surface area (Å²) in [6, 6.07) is 16.4. The van der Waals surface area contributed by atoms with Gasteiger partial charge in [0, 0.05) is 56.2 Å². The van der Waals surface area contributed by atoms with Gasteiger partial charge in [0.1, 0.15) is 0 Å². The quantitative estimate of drug-likeness (QED) is 0.697. The highest BCUT2D eigenvalue weighted by atomic mass is 16.2. The second kappa shape index (κ2) is 11.2. The molecule has 0 radical (unpaired) electrons. The smallest absolute Gasteiger partial charge is 0.319 e. The van der Waals surface area contributed by atoms with E-state index < -0.39 is 6.03 Å². The Kier molecular flexibility index (Phi) is 8.08. The third-order valence-electron chi connectivity index (χ3n) is 5.59. The second-order valence-electron chi connectivity index (χ2n) is 7.57. The van der Waals surface area contributed by atoms with Gasteiger partial charge in [0.25, 0.3) is 5.91 Å². The monoisotopic (exact) mass is 437 g/mol. The first-order chi connectivity index (χ1) is 15.5. The van der Waals surface area contributed by atoms with Crippen molar-refractivity contribution in [2.45, 2.75) is 13.8 Å². The number of amides is 4. The summed E-state index contributed by atoms with van der Waals surface area (Å²) >= 11 is 0. The molecular formula is C24H31N5O3. The molecule has 1 heterocycles. The van der Waals surface area contributed by atoms with Crippen LogP contribution in [0.5, 0.6) is 0 Å². The summed E-state index contributed by atoms with van der Waals surface area (Å²) < 4.78 is 0. The van der Waals surface area contributed by atoms with E-state index in [2.05, 4.69) is 27.7 Å². The van der Waals surface area contributed by atoms with Crippen molar-refractivity contribution in [1.82, 2.24) is 15.1 Å². The first-order valence-electron chi connectivity index (χ1n) is 11.0. The zero-order valence-electron chi connectivity index (χ0n) is 18.7. The highest BCUT2D eigenvalue weighted by Gasteiger charge is 2.21. The lowest BCUT2D eigenvalue weighted by molar-refractivity contribution is -0.130. The van der Waals surface area contributed by atoms with Gasteiger partial charge < -0.3 is 25.3 Å². The summed E-state index contributed by atoms with van der Waals surface area (Å²) in [5.74, 6) is -0.142. The number of carbonyl (C=O) groups is 3. The van der Waals surface area contributed by atoms with Gasteiger partial charge >= 0.3 is 6.03 Å². The van der Waals surface area contributed by atoms with Gasteiger partial charge in [-0.05, 0) is 50.2 Å². The second-order valence-corrected chi connectivity index (χ2v) is 7.57. The molecule has 4 amide bonds. The molecule has 0 unspecified atom stereocenters. The highest BCUT2D eigenvalue weighted by Crippen LogP contribution is 2.15. The topological polar surface area (TPSA) is 85.0 Å². The molecule has 0 aliphatic carbocycles. The van der Waals surface area contributed by atoms with E-state index in [1.807, 2.05) is 32.0 Å². The number of para-hydroxylation sites is 1. The molecule has 1 saturated heterocycles. The van der Waals surface area contributed by atoms with Crippen LogP contribution in [0.15, 0.2) is 54.6 Å². The number of nitrogens with one attached hydrogen (secondary N) is 2. The van der Waals surface area contributed by atoms with Crippen LogP contribution in [0.3, 0.4) is 0 Å². The van der Waals surface area contributed by atoms with Crippen LogP contribution in [0.25, 0.3) is 0 Å². The average molecular weight is 438 g/mol. The third-order valence-corrected chi connectivity index (χ3v) is 5.59. The van der Waals surface area contributed by atoms with Crippen molar-refractivity contribution in [3.63, 3.8) is 0 Å². The van der Waals surface area contributed by atoms with Gasteiger partial charge in [-0.1, -0.05) is 18.2 Å². The Morgan fingerprint density at radius 3 is 2.09 bits per heavy atom. The van der Waals surface area contributed by atoms with Gasteiger partial charge in [0.2, 0.25) is 5.91 Å². The standard InChI is InChI=1S/C24H31N5O3/c1-3-27(4-2)23(31)19-10-12-20(13-11-19)26-24(32)25-18-22(30)29-16-14-28(15-17-29)21-8-6-5-7-9-21/h5-13H,3-4,14-18H2,1-2H3,(H2,25,26,32). The Morgan fingerprint density at radius 2 is 1.50 bits per heavy atom. The molecule has 2 aromatic carbocycles. The summed E-state index contributed by atoms with van der Waals surface area (Å²) in [5, 5.41) is 5.31. The lowest BCUT2D eigenvalue weighted by atomic mass is 10.2. The first kappa shape index (κ1) is 23.1. The molecule has 0 aromatic heterocycles. The van der Waals surface area contributed by atoms with Crippen LogP contribution >= 0.6 is 0 Å². The number of nitrogens with zero attached hydrogens (tertiary/aromatic N) is 3. The van der Waals surface area contributed by atoms with Crippen LogP contribution < -0.4 is 15.5 Å². The van der Waals surface area contributed by atoms with Gasteiger partial charge in [0.05, 0.1) is 6.54 Å². The Morgan fingerprint density at radius 1 is 0.875 bits per heavy atom. The molecular weight excluding hydrogens is 406 g/mol. The maximum Gasteiger partial charge on any atom is 0.319 e. The molecule has 1 fully saturated rings. The molecule has 1 aliphatic heterocycles. The van der Waals surface area contributed by atoms with Gasteiger partial charge in [-0.25, -0.2) is 4.79 Å². The van der Waals surface area contributed by atoms with Gasteiger partial charge in [-0.15, -0.1) is 0 Å². The molecule has 2 N–H and O–H groups in total. The van der Waals surface area contributed by atoms with Crippen molar-refractivity contribution in [3.8, 4) is 0 Å². The summed E-state index contributed by atoms with van der Waals surface area (Å²) in [4.78, 5) is 42.7. The number of rotatable bonds is 7. The molecule has 170 valence electrons. The molecule has 8 nitrogen and oxygen atoms in total. The SMILES string of the molecule is CCN(CC)C(=O)c1ccc(NC(=O)NCC(=O)N2CCN(c3ccccc3)CC2)cc1. The van der Waals surface area contributed by atoms with Crippen molar-refractivity contribution in [2.75, 3.05) is 56.0 Å². The highest BCUT2D eigenvalue weighted by molar-refractivity contribution is 5.96. The van der Waals surface area contributed by atoms with Crippen molar-refractivity contribution in [1.29, 1.82) is 0 Å². The number of benzene rings is 2. The Hall–Kier alpha value is -3.55. The number of piperazine rings is 1. The van der Waals surface area contributed by atoms with E-state index in [-0.39, 0.29) is 18.4 Å². The number of urea groups is 1.